The van der Waals surface area contributed by atoms with Crippen molar-refractivity contribution in [1.29, 1.82) is 10.8 Å². The highest BCUT2D eigenvalue weighted by Gasteiger charge is 2.26. The van der Waals surface area contributed by atoms with Crippen LogP contribution in [0.1, 0.15) is 31.2 Å². The largest absolute Gasteiger partial charge is 0.508 e. The predicted molar refractivity (Wildman–Crippen MR) is 89.8 cm³/mol. The highest BCUT2D eigenvalue weighted by atomic mass is 79.9. The summed E-state index contributed by atoms with van der Waals surface area (Å²) in [5.41, 5.74) is 0.113. The standard InChI is InChI=1S/C16H19BrFN3O2/c17-15(20)7-14(19)16(23)21(8-10-2-1-3-10)9-11-4-5-12(22)6-13(11)18/h4-6,10,19-20,22H,1-3,7-9H2. The molecule has 0 spiro atoms. The number of hydrogen-bond acceptors (Lipinski definition) is 4. The molecule has 23 heavy (non-hydrogen) atoms. The van der Waals surface area contributed by atoms with E-state index in [1.807, 2.05) is 0 Å². The van der Waals surface area contributed by atoms with Crippen LogP contribution in [-0.2, 0) is 11.3 Å². The molecule has 5 nitrogen and oxygen atoms in total. The summed E-state index contributed by atoms with van der Waals surface area (Å²) in [6.45, 7) is 0.538. The number of nitrogens with zero attached hydrogens (tertiary/aromatic N) is 1. The molecule has 124 valence electrons. The van der Waals surface area contributed by atoms with E-state index in [9.17, 15) is 14.3 Å². The first-order chi connectivity index (χ1) is 10.9. The summed E-state index contributed by atoms with van der Waals surface area (Å²) in [6, 6.07) is 3.84. The first kappa shape index (κ1) is 17.6. The molecule has 0 bridgehead atoms. The summed E-state index contributed by atoms with van der Waals surface area (Å²) >= 11 is 2.94. The number of rotatable bonds is 7. The molecule has 2 rings (SSSR count). The SMILES string of the molecule is N=C(Br)CC(=N)C(=O)N(Cc1ccc(O)cc1F)CC1CCC1. The van der Waals surface area contributed by atoms with Gasteiger partial charge in [0.1, 0.15) is 17.3 Å². The molecule has 0 heterocycles. The monoisotopic (exact) mass is 383 g/mol. The summed E-state index contributed by atoms with van der Waals surface area (Å²) in [7, 11) is 0. The maximum Gasteiger partial charge on any atom is 0.268 e. The summed E-state index contributed by atoms with van der Waals surface area (Å²) in [6.07, 6.45) is 3.12. The summed E-state index contributed by atoms with van der Waals surface area (Å²) in [5, 5.41) is 24.5. The number of amides is 1. The minimum atomic E-state index is -0.573. The molecular weight excluding hydrogens is 365 g/mol. The molecule has 1 amide bonds. The van der Waals surface area contributed by atoms with Crippen molar-refractivity contribution < 1.29 is 14.3 Å². The van der Waals surface area contributed by atoms with Crippen LogP contribution in [0.4, 0.5) is 4.39 Å². The van der Waals surface area contributed by atoms with E-state index in [4.69, 9.17) is 10.8 Å². The Morgan fingerprint density at radius 3 is 2.61 bits per heavy atom. The third kappa shape index (κ3) is 4.86. The van der Waals surface area contributed by atoms with E-state index >= 15 is 0 Å². The van der Waals surface area contributed by atoms with E-state index in [-0.39, 0.29) is 29.0 Å². The highest BCUT2D eigenvalue weighted by molar-refractivity contribution is 9.18. The number of aromatic hydroxyl groups is 1. The molecule has 1 aliphatic rings. The topological polar surface area (TPSA) is 88.2 Å². The highest BCUT2D eigenvalue weighted by Crippen LogP contribution is 2.28. The molecule has 1 fully saturated rings. The number of phenols is 1. The fourth-order valence-electron chi connectivity index (χ4n) is 2.50. The molecule has 1 aromatic carbocycles. The maximum atomic E-state index is 13.9. The van der Waals surface area contributed by atoms with Gasteiger partial charge in [-0.25, -0.2) is 4.39 Å². The minimum absolute atomic E-state index is 0.0550. The quantitative estimate of drug-likeness (QED) is 0.629. The van der Waals surface area contributed by atoms with E-state index in [1.165, 1.54) is 17.0 Å². The predicted octanol–water partition coefficient (Wildman–Crippen LogP) is 3.44. The molecule has 1 aliphatic carbocycles. The Kier molecular flexibility index (Phi) is 5.87. The van der Waals surface area contributed by atoms with Crippen molar-refractivity contribution in [2.45, 2.75) is 32.2 Å². The Morgan fingerprint density at radius 2 is 2.09 bits per heavy atom. The lowest BCUT2D eigenvalue weighted by Gasteiger charge is -2.32. The lowest BCUT2D eigenvalue weighted by molar-refractivity contribution is -0.125. The molecule has 3 N–H and O–H groups in total. The first-order valence-corrected chi connectivity index (χ1v) is 8.23. The average molecular weight is 384 g/mol. The Balaban J connectivity index is 2.14. The average Bonchev–Trinajstić information content (AvgIpc) is 2.42. The summed E-state index contributed by atoms with van der Waals surface area (Å²) < 4.78 is 14.0. The second kappa shape index (κ2) is 7.68. The summed E-state index contributed by atoms with van der Waals surface area (Å²) in [4.78, 5) is 13.9. The van der Waals surface area contributed by atoms with Crippen LogP contribution in [0.5, 0.6) is 5.75 Å². The molecule has 0 radical (unpaired) electrons. The van der Waals surface area contributed by atoms with Crippen LogP contribution in [0.15, 0.2) is 18.2 Å². The third-order valence-corrected chi connectivity index (χ3v) is 4.26. The zero-order valence-electron chi connectivity index (χ0n) is 12.6. The van der Waals surface area contributed by atoms with E-state index in [1.54, 1.807) is 0 Å². The van der Waals surface area contributed by atoms with E-state index in [0.717, 1.165) is 25.3 Å². The van der Waals surface area contributed by atoms with Crippen molar-refractivity contribution in [2.24, 2.45) is 5.92 Å². The molecule has 0 saturated heterocycles. The fourth-order valence-corrected chi connectivity index (χ4v) is 2.78. The van der Waals surface area contributed by atoms with Crippen LogP contribution < -0.4 is 0 Å². The van der Waals surface area contributed by atoms with Gasteiger partial charge in [-0.2, -0.15) is 0 Å². The van der Waals surface area contributed by atoms with E-state index < -0.39 is 11.7 Å². The number of carbonyl (C=O) groups excluding carboxylic acids is 1. The van der Waals surface area contributed by atoms with Gasteiger partial charge in [-0.1, -0.05) is 12.5 Å². The number of benzene rings is 1. The van der Waals surface area contributed by atoms with Gasteiger partial charge in [0.15, 0.2) is 0 Å². The fraction of sp³-hybridized carbons (Fsp3) is 0.438. The van der Waals surface area contributed by atoms with Crippen molar-refractivity contribution in [3.05, 3.63) is 29.6 Å². The number of halogens is 2. The number of nitrogens with one attached hydrogen (secondary N) is 2. The minimum Gasteiger partial charge on any atom is -0.508 e. The van der Waals surface area contributed by atoms with Crippen LogP contribution in [0.25, 0.3) is 0 Å². The van der Waals surface area contributed by atoms with Gasteiger partial charge in [0.2, 0.25) is 0 Å². The zero-order chi connectivity index (χ0) is 17.0. The summed E-state index contributed by atoms with van der Waals surface area (Å²) in [5.74, 6) is -0.830. The molecule has 0 aromatic heterocycles. The molecule has 0 aliphatic heterocycles. The lowest BCUT2D eigenvalue weighted by atomic mass is 9.85. The van der Waals surface area contributed by atoms with Crippen LogP contribution in [0.3, 0.4) is 0 Å². The maximum absolute atomic E-state index is 13.9. The van der Waals surface area contributed by atoms with Gasteiger partial charge >= 0.3 is 0 Å². The van der Waals surface area contributed by atoms with Crippen LogP contribution >= 0.6 is 15.9 Å². The lowest BCUT2D eigenvalue weighted by Crippen LogP contribution is -2.41. The van der Waals surface area contributed by atoms with Gasteiger partial charge < -0.3 is 10.0 Å². The van der Waals surface area contributed by atoms with Crippen molar-refractivity contribution in [3.8, 4) is 5.75 Å². The zero-order valence-corrected chi connectivity index (χ0v) is 14.2. The van der Waals surface area contributed by atoms with Gasteiger partial charge in [0.25, 0.3) is 5.91 Å². The van der Waals surface area contributed by atoms with Gasteiger partial charge in [0, 0.05) is 31.1 Å². The van der Waals surface area contributed by atoms with Crippen molar-refractivity contribution in [3.63, 3.8) is 0 Å². The second-order valence-corrected chi connectivity index (χ2v) is 6.78. The van der Waals surface area contributed by atoms with Gasteiger partial charge in [-0.05, 0) is 40.8 Å². The van der Waals surface area contributed by atoms with E-state index in [0.29, 0.717) is 18.0 Å². The van der Waals surface area contributed by atoms with Crippen molar-refractivity contribution in [1.82, 2.24) is 4.90 Å². The molecule has 1 saturated carbocycles. The van der Waals surface area contributed by atoms with Gasteiger partial charge in [-0.15, -0.1) is 0 Å². The van der Waals surface area contributed by atoms with Crippen molar-refractivity contribution >= 4 is 32.2 Å². The third-order valence-electron chi connectivity index (χ3n) is 3.98. The molecular formula is C16H19BrFN3O2. The number of phenolic OH excluding ortho intramolecular Hbond substituents is 1. The Bertz CT molecular complexity index is 632. The van der Waals surface area contributed by atoms with Crippen LogP contribution in [0, 0.1) is 22.6 Å². The second-order valence-electron chi connectivity index (χ2n) is 5.82. The normalized spacial score (nSPS) is 14.2. The van der Waals surface area contributed by atoms with Crippen LogP contribution in [0.2, 0.25) is 0 Å². The Labute approximate surface area is 142 Å². The van der Waals surface area contributed by atoms with Crippen molar-refractivity contribution in [2.75, 3.05) is 6.54 Å². The van der Waals surface area contributed by atoms with E-state index in [2.05, 4.69) is 15.9 Å². The smallest absolute Gasteiger partial charge is 0.268 e. The van der Waals surface area contributed by atoms with Gasteiger partial charge in [0.05, 0.1) is 4.62 Å². The molecule has 0 atom stereocenters. The molecule has 7 heteroatoms. The van der Waals surface area contributed by atoms with Crippen LogP contribution in [-0.4, -0.2) is 32.8 Å². The number of carbonyl (C=O) groups is 1. The Hall–Kier alpha value is -1.76. The number of hydrogen-bond donors (Lipinski definition) is 3. The molecule has 1 aromatic rings. The molecule has 0 unspecified atom stereocenters. The first-order valence-electron chi connectivity index (χ1n) is 7.44. The van der Waals surface area contributed by atoms with Gasteiger partial charge in [-0.3, -0.25) is 15.6 Å². The Morgan fingerprint density at radius 1 is 1.39 bits per heavy atom.